The summed E-state index contributed by atoms with van der Waals surface area (Å²) in [5.41, 5.74) is 3.46. The maximum Gasteiger partial charge on any atom is 0.309 e. The molecule has 1 aliphatic heterocycles. The number of esters is 1. The number of nitrogens with zero attached hydrogens (tertiary/aromatic N) is 3. The molecule has 0 radical (unpaired) electrons. The zero-order valence-electron chi connectivity index (χ0n) is 18.7. The Kier molecular flexibility index (Phi) is 6.36. The van der Waals surface area contributed by atoms with Crippen LogP contribution in [0, 0.1) is 0 Å². The highest BCUT2D eigenvalue weighted by Gasteiger charge is 2.18. The molecular formula is C25H20N4O5S. The van der Waals surface area contributed by atoms with E-state index < -0.39 is 5.91 Å². The van der Waals surface area contributed by atoms with Gasteiger partial charge < -0.3 is 19.5 Å². The normalized spacial score (nSPS) is 11.9. The fraction of sp³-hybridized carbons (Fsp3) is 0.160. The third-order valence-corrected chi connectivity index (χ3v) is 6.20. The van der Waals surface area contributed by atoms with E-state index in [0.29, 0.717) is 18.0 Å². The third kappa shape index (κ3) is 5.12. The Labute approximate surface area is 204 Å². The molecule has 0 unspecified atom stereocenters. The lowest BCUT2D eigenvalue weighted by molar-refractivity contribution is -0.139. The number of methoxy groups -OCH3 is 1. The maximum atomic E-state index is 12.9. The average molecular weight is 489 g/mol. The zero-order valence-corrected chi connectivity index (χ0v) is 19.5. The van der Waals surface area contributed by atoms with Crippen molar-refractivity contribution in [1.29, 1.82) is 0 Å². The van der Waals surface area contributed by atoms with Crippen molar-refractivity contribution in [1.82, 2.24) is 15.0 Å². The van der Waals surface area contributed by atoms with Crippen molar-refractivity contribution in [3.8, 4) is 28.0 Å². The number of rotatable bonds is 7. The SMILES string of the molecule is COC(=O)Cc1ccc(Oc2ncncc2NC(=O)c2csc(-c3ccc4c(c3)CCO4)n2)cc1. The van der Waals surface area contributed by atoms with Crippen LogP contribution in [-0.2, 0) is 22.4 Å². The maximum absolute atomic E-state index is 12.9. The number of ether oxygens (including phenoxy) is 3. The summed E-state index contributed by atoms with van der Waals surface area (Å²) in [4.78, 5) is 36.9. The molecule has 35 heavy (non-hydrogen) atoms. The summed E-state index contributed by atoms with van der Waals surface area (Å²) < 4.78 is 16.1. The number of carbonyl (C=O) groups excluding carboxylic acids is 2. The van der Waals surface area contributed by atoms with Crippen molar-refractivity contribution in [2.24, 2.45) is 0 Å². The number of fused-ring (bicyclic) bond motifs is 1. The van der Waals surface area contributed by atoms with Crippen LogP contribution in [0.5, 0.6) is 17.4 Å². The van der Waals surface area contributed by atoms with Gasteiger partial charge in [-0.25, -0.2) is 9.97 Å². The van der Waals surface area contributed by atoms with Crippen LogP contribution in [0.1, 0.15) is 21.6 Å². The molecule has 0 saturated carbocycles. The Hall–Kier alpha value is -4.31. The smallest absolute Gasteiger partial charge is 0.309 e. The van der Waals surface area contributed by atoms with Crippen LogP contribution in [0.25, 0.3) is 10.6 Å². The van der Waals surface area contributed by atoms with Crippen LogP contribution in [0.3, 0.4) is 0 Å². The molecule has 3 heterocycles. The number of thiazole rings is 1. The lowest BCUT2D eigenvalue weighted by atomic mass is 10.1. The summed E-state index contributed by atoms with van der Waals surface area (Å²) in [6, 6.07) is 12.9. The Morgan fingerprint density at radius 2 is 2.03 bits per heavy atom. The predicted molar refractivity (Wildman–Crippen MR) is 129 cm³/mol. The topological polar surface area (TPSA) is 113 Å². The molecule has 0 spiro atoms. The molecule has 1 N–H and O–H groups in total. The van der Waals surface area contributed by atoms with E-state index in [2.05, 4.69) is 31.1 Å². The van der Waals surface area contributed by atoms with Crippen LogP contribution in [-0.4, -0.2) is 40.5 Å². The van der Waals surface area contributed by atoms with Crippen LogP contribution < -0.4 is 14.8 Å². The minimum Gasteiger partial charge on any atom is -0.493 e. The molecule has 0 atom stereocenters. The van der Waals surface area contributed by atoms with Crippen molar-refractivity contribution >= 4 is 28.9 Å². The Balaban J connectivity index is 1.28. The van der Waals surface area contributed by atoms with Crippen molar-refractivity contribution in [3.05, 3.63) is 77.2 Å². The second kappa shape index (κ2) is 9.90. The van der Waals surface area contributed by atoms with Gasteiger partial charge in [-0.2, -0.15) is 4.98 Å². The van der Waals surface area contributed by atoms with Gasteiger partial charge >= 0.3 is 5.97 Å². The second-order valence-electron chi connectivity index (χ2n) is 7.65. The molecule has 4 aromatic rings. The molecule has 0 bridgehead atoms. The van der Waals surface area contributed by atoms with Gasteiger partial charge in [0.1, 0.15) is 34.2 Å². The predicted octanol–water partition coefficient (Wildman–Crippen LogP) is 4.30. The van der Waals surface area contributed by atoms with Crippen LogP contribution in [0.15, 0.2) is 60.4 Å². The molecule has 0 fully saturated rings. The summed E-state index contributed by atoms with van der Waals surface area (Å²) in [7, 11) is 1.35. The lowest BCUT2D eigenvalue weighted by Crippen LogP contribution is -2.13. The molecule has 10 heteroatoms. The number of amides is 1. The highest BCUT2D eigenvalue weighted by atomic mass is 32.1. The largest absolute Gasteiger partial charge is 0.493 e. The number of aromatic nitrogens is 3. The average Bonchev–Trinajstić information content (AvgIpc) is 3.56. The minimum atomic E-state index is -0.398. The first-order valence-corrected chi connectivity index (χ1v) is 11.6. The lowest BCUT2D eigenvalue weighted by Gasteiger charge is -2.10. The standard InChI is InChI=1S/C25H20N4O5S/c1-32-22(30)10-15-2-5-18(6-3-15)34-24-19(12-26-14-27-24)28-23(31)20-13-35-25(29-20)17-4-7-21-16(11-17)8-9-33-21/h2-7,11-14H,8-10H2,1H3,(H,28,31). The molecular weight excluding hydrogens is 468 g/mol. The number of hydrogen-bond acceptors (Lipinski definition) is 9. The molecule has 2 aromatic heterocycles. The first-order valence-electron chi connectivity index (χ1n) is 10.8. The van der Waals surface area contributed by atoms with E-state index in [0.717, 1.165) is 33.9 Å². The molecule has 9 nitrogen and oxygen atoms in total. The summed E-state index contributed by atoms with van der Waals surface area (Å²) >= 11 is 1.39. The van der Waals surface area contributed by atoms with Gasteiger partial charge in [-0.15, -0.1) is 11.3 Å². The number of carbonyl (C=O) groups is 2. The summed E-state index contributed by atoms with van der Waals surface area (Å²) in [6.45, 7) is 0.686. The molecule has 2 aromatic carbocycles. The number of nitrogens with one attached hydrogen (secondary N) is 1. The monoisotopic (exact) mass is 488 g/mol. The first kappa shape index (κ1) is 22.5. The van der Waals surface area contributed by atoms with Gasteiger partial charge in [-0.1, -0.05) is 12.1 Å². The number of benzene rings is 2. The van der Waals surface area contributed by atoms with Gasteiger partial charge in [0.15, 0.2) is 0 Å². The van der Waals surface area contributed by atoms with Gasteiger partial charge in [0.05, 0.1) is 26.3 Å². The molecule has 1 aliphatic rings. The minimum absolute atomic E-state index is 0.167. The second-order valence-corrected chi connectivity index (χ2v) is 8.51. The van der Waals surface area contributed by atoms with Gasteiger partial charge in [-0.3, -0.25) is 9.59 Å². The van der Waals surface area contributed by atoms with Crippen molar-refractivity contribution in [3.63, 3.8) is 0 Å². The molecule has 5 rings (SSSR count). The van der Waals surface area contributed by atoms with Crippen LogP contribution >= 0.6 is 11.3 Å². The van der Waals surface area contributed by atoms with Gasteiger partial charge in [0.25, 0.3) is 5.91 Å². The number of anilines is 1. The van der Waals surface area contributed by atoms with Crippen molar-refractivity contribution in [2.45, 2.75) is 12.8 Å². The van der Waals surface area contributed by atoms with Gasteiger partial charge in [0.2, 0.25) is 5.88 Å². The molecule has 0 aliphatic carbocycles. The van der Waals surface area contributed by atoms with E-state index >= 15 is 0 Å². The Morgan fingerprint density at radius 1 is 1.17 bits per heavy atom. The molecule has 0 saturated heterocycles. The van der Waals surface area contributed by atoms with Crippen molar-refractivity contribution in [2.75, 3.05) is 19.0 Å². The van der Waals surface area contributed by atoms with Gasteiger partial charge in [0, 0.05) is 17.4 Å². The van der Waals surface area contributed by atoms with E-state index in [9.17, 15) is 9.59 Å². The van der Waals surface area contributed by atoms with E-state index in [4.69, 9.17) is 9.47 Å². The summed E-state index contributed by atoms with van der Waals surface area (Å²) in [5.74, 6) is 0.852. The zero-order chi connectivity index (χ0) is 24.2. The summed E-state index contributed by atoms with van der Waals surface area (Å²) in [6.07, 6.45) is 3.82. The Morgan fingerprint density at radius 3 is 2.86 bits per heavy atom. The quantitative estimate of drug-likeness (QED) is 0.383. The van der Waals surface area contributed by atoms with E-state index in [1.165, 1.54) is 31.0 Å². The van der Waals surface area contributed by atoms with E-state index in [1.54, 1.807) is 29.6 Å². The highest BCUT2D eigenvalue weighted by molar-refractivity contribution is 7.13. The van der Waals surface area contributed by atoms with Crippen LogP contribution in [0.2, 0.25) is 0 Å². The molecule has 176 valence electrons. The Bertz CT molecular complexity index is 1390. The van der Waals surface area contributed by atoms with E-state index in [1.807, 2.05) is 12.1 Å². The first-order chi connectivity index (χ1) is 17.1. The van der Waals surface area contributed by atoms with Gasteiger partial charge in [-0.05, 0) is 41.5 Å². The van der Waals surface area contributed by atoms with E-state index in [-0.39, 0.29) is 24.0 Å². The van der Waals surface area contributed by atoms with Crippen LogP contribution in [0.4, 0.5) is 5.69 Å². The molecule has 1 amide bonds. The fourth-order valence-corrected chi connectivity index (χ4v) is 4.32. The number of hydrogen-bond donors (Lipinski definition) is 1. The highest BCUT2D eigenvalue weighted by Crippen LogP contribution is 2.32. The summed E-state index contributed by atoms with van der Waals surface area (Å²) in [5, 5.41) is 5.23. The third-order valence-electron chi connectivity index (χ3n) is 5.31. The fourth-order valence-electron chi connectivity index (χ4n) is 3.53. The van der Waals surface area contributed by atoms with Crippen molar-refractivity contribution < 1.29 is 23.8 Å².